The minimum absolute atomic E-state index is 0.0443. The molecule has 0 N–H and O–H groups in total. The third kappa shape index (κ3) is 3.93. The van der Waals surface area contributed by atoms with Crippen molar-refractivity contribution >= 4 is 5.97 Å². The molecule has 0 aromatic carbocycles. The summed E-state index contributed by atoms with van der Waals surface area (Å²) in [6.07, 6.45) is 1.07. The van der Waals surface area contributed by atoms with E-state index in [-0.39, 0.29) is 17.3 Å². The quantitative estimate of drug-likeness (QED) is 0.627. The first-order valence-electron chi connectivity index (χ1n) is 4.40. The Balaban J connectivity index is 4.04. The number of esters is 1. The lowest BCUT2D eigenvalue weighted by molar-refractivity contribution is -0.141. The molecule has 0 bridgehead atoms. The highest BCUT2D eigenvalue weighted by atomic mass is 16.5. The zero-order valence-electron chi connectivity index (χ0n) is 8.76. The lowest BCUT2D eigenvalue weighted by Gasteiger charge is -2.26. The van der Waals surface area contributed by atoms with Crippen LogP contribution in [-0.2, 0) is 9.53 Å². The molecule has 0 fully saturated rings. The van der Waals surface area contributed by atoms with Gasteiger partial charge in [0.15, 0.2) is 0 Å². The molecule has 0 spiro atoms. The summed E-state index contributed by atoms with van der Waals surface area (Å²) in [6.45, 7) is 5.85. The van der Waals surface area contributed by atoms with Gasteiger partial charge < -0.3 is 4.74 Å². The molecule has 0 aliphatic rings. The predicted molar refractivity (Wildman–Crippen MR) is 49.8 cm³/mol. The fourth-order valence-electron chi connectivity index (χ4n) is 0.918. The van der Waals surface area contributed by atoms with Crippen LogP contribution in [0.1, 0.15) is 33.6 Å². The van der Waals surface area contributed by atoms with Crippen molar-refractivity contribution in [2.45, 2.75) is 33.6 Å². The molecule has 0 aliphatic heterocycles. The second-order valence-electron chi connectivity index (χ2n) is 3.92. The number of nitrogens with zero attached hydrogens (tertiary/aromatic N) is 1. The van der Waals surface area contributed by atoms with Gasteiger partial charge in [-0.3, -0.25) is 4.79 Å². The first kappa shape index (κ1) is 12.0. The van der Waals surface area contributed by atoms with E-state index in [1.807, 2.05) is 20.8 Å². The van der Waals surface area contributed by atoms with Gasteiger partial charge in [-0.2, -0.15) is 5.26 Å². The second-order valence-corrected chi connectivity index (χ2v) is 3.92. The van der Waals surface area contributed by atoms with Crippen molar-refractivity contribution in [3.63, 3.8) is 0 Å². The molecule has 0 aliphatic carbocycles. The van der Waals surface area contributed by atoms with E-state index in [0.29, 0.717) is 12.8 Å². The van der Waals surface area contributed by atoms with E-state index in [0.717, 1.165) is 0 Å². The van der Waals surface area contributed by atoms with Crippen LogP contribution in [0.5, 0.6) is 0 Å². The van der Waals surface area contributed by atoms with Gasteiger partial charge >= 0.3 is 5.97 Å². The summed E-state index contributed by atoms with van der Waals surface area (Å²) in [7, 11) is 1.38. The van der Waals surface area contributed by atoms with Crippen molar-refractivity contribution in [1.29, 1.82) is 5.26 Å². The maximum absolute atomic E-state index is 10.9. The predicted octanol–water partition coefficient (Wildman–Crippen LogP) is 2.13. The van der Waals surface area contributed by atoms with E-state index in [1.165, 1.54) is 7.11 Å². The molecule has 74 valence electrons. The van der Waals surface area contributed by atoms with Crippen LogP contribution in [0.3, 0.4) is 0 Å². The smallest absolute Gasteiger partial charge is 0.305 e. The van der Waals surface area contributed by atoms with Crippen molar-refractivity contribution in [1.82, 2.24) is 0 Å². The van der Waals surface area contributed by atoms with Gasteiger partial charge in [0.2, 0.25) is 0 Å². The van der Waals surface area contributed by atoms with Crippen molar-refractivity contribution < 1.29 is 9.53 Å². The first-order valence-corrected chi connectivity index (χ1v) is 4.40. The van der Waals surface area contributed by atoms with E-state index in [4.69, 9.17) is 5.26 Å². The van der Waals surface area contributed by atoms with Crippen molar-refractivity contribution in [3.8, 4) is 6.07 Å². The molecule has 0 saturated heterocycles. The topological polar surface area (TPSA) is 50.1 Å². The van der Waals surface area contributed by atoms with Gasteiger partial charge in [-0.05, 0) is 18.8 Å². The monoisotopic (exact) mass is 183 g/mol. The maximum Gasteiger partial charge on any atom is 0.305 e. The van der Waals surface area contributed by atoms with Gasteiger partial charge in [-0.15, -0.1) is 0 Å². The summed E-state index contributed by atoms with van der Waals surface area (Å²) in [5.41, 5.74) is -0.122. The molecule has 0 aromatic heterocycles. The Morgan fingerprint density at radius 2 is 2.15 bits per heavy atom. The van der Waals surface area contributed by atoms with Crippen LogP contribution in [0.15, 0.2) is 0 Å². The number of methoxy groups -OCH3 is 1. The third-order valence-corrected chi connectivity index (χ3v) is 2.57. The Morgan fingerprint density at radius 3 is 2.54 bits per heavy atom. The largest absolute Gasteiger partial charge is 0.469 e. The lowest BCUT2D eigenvalue weighted by Crippen LogP contribution is -2.21. The van der Waals surface area contributed by atoms with Crippen molar-refractivity contribution in [3.05, 3.63) is 0 Å². The highest BCUT2D eigenvalue weighted by Gasteiger charge is 2.26. The Kier molecular flexibility index (Phi) is 4.47. The Labute approximate surface area is 79.7 Å². The van der Waals surface area contributed by atoms with Crippen LogP contribution in [-0.4, -0.2) is 13.1 Å². The van der Waals surface area contributed by atoms with Crippen LogP contribution in [0.2, 0.25) is 0 Å². The van der Waals surface area contributed by atoms with E-state index < -0.39 is 0 Å². The summed E-state index contributed by atoms with van der Waals surface area (Å²) < 4.78 is 4.54. The van der Waals surface area contributed by atoms with E-state index in [1.54, 1.807) is 0 Å². The second kappa shape index (κ2) is 4.86. The number of hydrogen-bond donors (Lipinski definition) is 0. The molecule has 1 unspecified atom stereocenters. The highest BCUT2D eigenvalue weighted by molar-refractivity contribution is 5.69. The van der Waals surface area contributed by atoms with Crippen LogP contribution in [0.4, 0.5) is 0 Å². The van der Waals surface area contributed by atoms with Crippen LogP contribution in [0, 0.1) is 22.7 Å². The van der Waals surface area contributed by atoms with E-state index in [9.17, 15) is 4.79 Å². The van der Waals surface area contributed by atoms with Crippen LogP contribution >= 0.6 is 0 Å². The van der Waals surface area contributed by atoms with Crippen molar-refractivity contribution in [2.75, 3.05) is 7.11 Å². The summed E-state index contributed by atoms with van der Waals surface area (Å²) in [6, 6.07) is 2.19. The van der Waals surface area contributed by atoms with Gasteiger partial charge in [-0.1, -0.05) is 13.8 Å². The molecule has 0 saturated carbocycles. The van der Waals surface area contributed by atoms with Gasteiger partial charge in [-0.25, -0.2) is 0 Å². The summed E-state index contributed by atoms with van der Waals surface area (Å²) in [5.74, 6) is -0.254. The molecule has 0 rings (SSSR count). The fourth-order valence-corrected chi connectivity index (χ4v) is 0.918. The average molecular weight is 183 g/mol. The molecular formula is C10H17NO2. The van der Waals surface area contributed by atoms with Gasteiger partial charge in [0, 0.05) is 12.3 Å². The van der Waals surface area contributed by atoms with Gasteiger partial charge in [0.05, 0.1) is 13.2 Å². The van der Waals surface area contributed by atoms with Crippen LogP contribution < -0.4 is 0 Å². The molecule has 0 amide bonds. The standard InChI is InChI=1S/C10H17NO2/c1-8(7-11)10(2,3)6-5-9(12)13-4/h8H,5-6H2,1-4H3. The summed E-state index contributed by atoms with van der Waals surface area (Å²) in [5, 5.41) is 8.73. The number of carbonyl (C=O) groups excluding carboxylic acids is 1. The molecule has 3 nitrogen and oxygen atoms in total. The zero-order valence-corrected chi connectivity index (χ0v) is 8.76. The zero-order chi connectivity index (χ0) is 10.5. The lowest BCUT2D eigenvalue weighted by atomic mass is 9.77. The number of ether oxygens (including phenoxy) is 1. The summed E-state index contributed by atoms with van der Waals surface area (Å²) >= 11 is 0. The van der Waals surface area contributed by atoms with Crippen LogP contribution in [0.25, 0.3) is 0 Å². The van der Waals surface area contributed by atoms with E-state index in [2.05, 4.69) is 10.8 Å². The molecule has 0 heterocycles. The number of nitriles is 1. The Hall–Kier alpha value is -1.04. The summed E-state index contributed by atoms with van der Waals surface area (Å²) in [4.78, 5) is 10.9. The number of hydrogen-bond acceptors (Lipinski definition) is 3. The first-order chi connectivity index (χ1) is 5.94. The number of carbonyl (C=O) groups is 1. The van der Waals surface area contributed by atoms with Crippen molar-refractivity contribution in [2.24, 2.45) is 11.3 Å². The van der Waals surface area contributed by atoms with Gasteiger partial charge in [0.1, 0.15) is 0 Å². The Bertz CT molecular complexity index is 215. The average Bonchev–Trinajstić information content (AvgIpc) is 2.12. The normalized spacial score (nSPS) is 13.2. The number of rotatable bonds is 4. The molecule has 0 aromatic rings. The SMILES string of the molecule is COC(=O)CCC(C)(C)C(C)C#N. The molecular weight excluding hydrogens is 166 g/mol. The minimum Gasteiger partial charge on any atom is -0.469 e. The molecule has 13 heavy (non-hydrogen) atoms. The van der Waals surface area contributed by atoms with Gasteiger partial charge in [0.25, 0.3) is 0 Å². The highest BCUT2D eigenvalue weighted by Crippen LogP contribution is 2.31. The maximum atomic E-state index is 10.9. The fraction of sp³-hybridized carbons (Fsp3) is 0.800. The molecule has 0 radical (unpaired) electrons. The molecule has 1 atom stereocenters. The Morgan fingerprint density at radius 1 is 1.62 bits per heavy atom. The minimum atomic E-state index is -0.210. The third-order valence-electron chi connectivity index (χ3n) is 2.57. The van der Waals surface area contributed by atoms with E-state index >= 15 is 0 Å². The molecule has 3 heteroatoms.